The Morgan fingerprint density at radius 2 is 1.55 bits per heavy atom. The lowest BCUT2D eigenvalue weighted by Crippen LogP contribution is -2.55. The van der Waals surface area contributed by atoms with Crippen LogP contribution in [0.1, 0.15) is 29.3 Å². The van der Waals surface area contributed by atoms with Gasteiger partial charge in [-0.15, -0.1) is 0 Å². The van der Waals surface area contributed by atoms with Gasteiger partial charge in [0.15, 0.2) is 0 Å². The fraction of sp³-hybridized carbons (Fsp3) is 0.385. The number of hydrogen-bond donors (Lipinski definition) is 6. The second kappa shape index (κ2) is 14.5. The van der Waals surface area contributed by atoms with Crippen LogP contribution in [0, 0.1) is 0 Å². The minimum atomic E-state index is -1.35. The highest BCUT2D eigenvalue weighted by Crippen LogP contribution is 2.14. The van der Waals surface area contributed by atoms with E-state index in [0.717, 1.165) is 0 Å². The van der Waals surface area contributed by atoms with Gasteiger partial charge in [-0.1, -0.05) is 12.1 Å². The van der Waals surface area contributed by atoms with Gasteiger partial charge in [0.1, 0.15) is 17.5 Å². The molecule has 0 heterocycles. The molecule has 0 radical (unpaired) electrons. The number of ether oxygens (including phenoxy) is 2. The summed E-state index contributed by atoms with van der Waals surface area (Å²) in [5, 5.41) is 37.4. The molecular weight excluding hydrogens is 498 g/mol. The third-order valence-corrected chi connectivity index (χ3v) is 5.63. The maximum Gasteiger partial charge on any atom is 0.308 e. The molecule has 2 aromatic carbocycles. The van der Waals surface area contributed by atoms with E-state index in [1.807, 2.05) is 0 Å². The van der Waals surface area contributed by atoms with Crippen LogP contribution in [0.25, 0.3) is 0 Å². The second-order valence-electron chi connectivity index (χ2n) is 8.53. The second-order valence-corrected chi connectivity index (χ2v) is 8.53. The van der Waals surface area contributed by atoms with E-state index in [9.17, 15) is 34.5 Å². The molecule has 3 amide bonds. The summed E-state index contributed by atoms with van der Waals surface area (Å²) >= 11 is 0. The quantitative estimate of drug-likeness (QED) is 0.188. The summed E-state index contributed by atoms with van der Waals surface area (Å²) in [4.78, 5) is 49.4. The van der Waals surface area contributed by atoms with Gasteiger partial charge in [-0.3, -0.25) is 19.2 Å². The van der Waals surface area contributed by atoms with Gasteiger partial charge in [-0.25, -0.2) is 0 Å². The Bertz CT molecular complexity index is 1090. The van der Waals surface area contributed by atoms with Crippen molar-refractivity contribution in [3.05, 3.63) is 59.7 Å². The largest absolute Gasteiger partial charge is 0.508 e. The molecule has 0 unspecified atom stereocenters. The number of aromatic hydroxyl groups is 1. The zero-order valence-electron chi connectivity index (χ0n) is 21.3. The first kappa shape index (κ1) is 30.1. The van der Waals surface area contributed by atoms with E-state index in [-0.39, 0.29) is 24.2 Å². The first-order valence-electron chi connectivity index (χ1n) is 11.8. The minimum Gasteiger partial charge on any atom is -0.508 e. The SMILES string of the molecule is COC(=O)C[C@H](O)[C@H](Cc1ccc(O)cc1)NC(=O)CNC(=O)[C@H](NC(=O)c1ccc(OC)cc1)[C@H](C)O. The molecule has 0 aliphatic heterocycles. The van der Waals surface area contributed by atoms with Crippen molar-refractivity contribution in [1.82, 2.24) is 16.0 Å². The average molecular weight is 532 g/mol. The van der Waals surface area contributed by atoms with Crippen LogP contribution in [0.15, 0.2) is 48.5 Å². The Labute approximate surface area is 220 Å². The number of carbonyl (C=O) groups excluding carboxylic acids is 4. The van der Waals surface area contributed by atoms with Gasteiger partial charge in [0.2, 0.25) is 11.8 Å². The molecule has 4 atom stereocenters. The summed E-state index contributed by atoms with van der Waals surface area (Å²) < 4.78 is 9.62. The molecule has 0 aliphatic carbocycles. The number of benzene rings is 2. The average Bonchev–Trinajstić information content (AvgIpc) is 2.90. The molecule has 2 rings (SSSR count). The van der Waals surface area contributed by atoms with Crippen LogP contribution in [0.3, 0.4) is 0 Å². The maximum absolute atomic E-state index is 12.7. The highest BCUT2D eigenvalue weighted by atomic mass is 16.5. The molecule has 6 N–H and O–H groups in total. The fourth-order valence-corrected chi connectivity index (χ4v) is 3.47. The van der Waals surface area contributed by atoms with Gasteiger partial charge in [-0.2, -0.15) is 0 Å². The summed E-state index contributed by atoms with van der Waals surface area (Å²) in [5.74, 6) is -2.20. The number of esters is 1. The van der Waals surface area contributed by atoms with Gasteiger partial charge in [-0.05, 0) is 55.3 Å². The number of methoxy groups -OCH3 is 2. The summed E-state index contributed by atoms with van der Waals surface area (Å²) in [5.41, 5.74) is 0.898. The number of aliphatic hydroxyl groups is 2. The molecule has 0 saturated heterocycles. The Morgan fingerprint density at radius 3 is 2.11 bits per heavy atom. The number of hydrogen-bond acceptors (Lipinski definition) is 9. The standard InChI is InChI=1S/C26H33N3O9/c1-15(30)24(29-25(35)17-6-10-19(37-2)11-7-17)26(36)27-14-22(33)28-20(21(32)13-23(34)38-3)12-16-4-8-18(31)9-5-16/h4-11,15,20-21,24,30-32H,12-14H2,1-3H3,(H,27,36)(H,28,33)(H,29,35)/t15-,20-,21-,24+/m0/s1. The molecule has 0 bridgehead atoms. The van der Waals surface area contributed by atoms with Crippen LogP contribution in [-0.4, -0.2) is 84.1 Å². The fourth-order valence-electron chi connectivity index (χ4n) is 3.47. The van der Waals surface area contributed by atoms with Crippen LogP contribution in [0.4, 0.5) is 0 Å². The van der Waals surface area contributed by atoms with E-state index >= 15 is 0 Å². The molecule has 2 aromatic rings. The lowest BCUT2D eigenvalue weighted by Gasteiger charge is -2.25. The van der Waals surface area contributed by atoms with E-state index < -0.39 is 54.5 Å². The zero-order chi connectivity index (χ0) is 28.2. The van der Waals surface area contributed by atoms with Crippen molar-refractivity contribution in [3.8, 4) is 11.5 Å². The zero-order valence-corrected chi connectivity index (χ0v) is 21.3. The van der Waals surface area contributed by atoms with Crippen molar-refractivity contribution in [1.29, 1.82) is 0 Å². The third kappa shape index (κ3) is 9.37. The first-order valence-corrected chi connectivity index (χ1v) is 11.8. The Kier molecular flexibility index (Phi) is 11.5. The number of phenols is 1. The highest BCUT2D eigenvalue weighted by molar-refractivity contribution is 5.98. The van der Waals surface area contributed by atoms with Gasteiger partial charge < -0.3 is 40.7 Å². The Morgan fingerprint density at radius 1 is 0.921 bits per heavy atom. The highest BCUT2D eigenvalue weighted by Gasteiger charge is 2.28. The van der Waals surface area contributed by atoms with Gasteiger partial charge >= 0.3 is 5.97 Å². The lowest BCUT2D eigenvalue weighted by atomic mass is 9.99. The number of carbonyl (C=O) groups is 4. The summed E-state index contributed by atoms with van der Waals surface area (Å²) in [7, 11) is 2.65. The van der Waals surface area contributed by atoms with E-state index in [1.165, 1.54) is 45.4 Å². The normalized spacial score (nSPS) is 13.8. The molecule has 0 aromatic heterocycles. The van der Waals surface area contributed by atoms with E-state index in [2.05, 4.69) is 20.7 Å². The van der Waals surface area contributed by atoms with Crippen LogP contribution >= 0.6 is 0 Å². The van der Waals surface area contributed by atoms with Crippen molar-refractivity contribution >= 4 is 23.7 Å². The number of amides is 3. The number of aliphatic hydroxyl groups excluding tert-OH is 2. The monoisotopic (exact) mass is 531 g/mol. The number of rotatable bonds is 13. The number of phenolic OH excluding ortho intramolecular Hbond substituents is 1. The predicted octanol–water partition coefficient (Wildman–Crippen LogP) is -0.352. The molecule has 0 spiro atoms. The molecule has 206 valence electrons. The molecule has 0 aliphatic rings. The van der Waals surface area contributed by atoms with Crippen molar-refractivity contribution in [2.75, 3.05) is 20.8 Å². The van der Waals surface area contributed by atoms with E-state index in [1.54, 1.807) is 24.3 Å². The maximum atomic E-state index is 12.7. The van der Waals surface area contributed by atoms with Gasteiger partial charge in [0.25, 0.3) is 5.91 Å². The Hall–Kier alpha value is -4.16. The summed E-state index contributed by atoms with van der Waals surface area (Å²) in [6, 6.07) is 9.92. The van der Waals surface area contributed by atoms with E-state index in [4.69, 9.17) is 4.74 Å². The first-order chi connectivity index (χ1) is 18.0. The van der Waals surface area contributed by atoms with Gasteiger partial charge in [0.05, 0.1) is 45.4 Å². The summed E-state index contributed by atoms with van der Waals surface area (Å²) in [6.45, 7) is 0.785. The van der Waals surface area contributed by atoms with Crippen molar-refractivity contribution in [2.24, 2.45) is 0 Å². The summed E-state index contributed by atoms with van der Waals surface area (Å²) in [6.07, 6.45) is -2.84. The molecular formula is C26H33N3O9. The van der Waals surface area contributed by atoms with Crippen molar-refractivity contribution in [3.63, 3.8) is 0 Å². The molecule has 0 saturated carbocycles. The van der Waals surface area contributed by atoms with Crippen LogP contribution < -0.4 is 20.7 Å². The molecule has 0 fully saturated rings. The topological polar surface area (TPSA) is 184 Å². The lowest BCUT2D eigenvalue weighted by molar-refractivity contribution is -0.143. The van der Waals surface area contributed by atoms with Gasteiger partial charge in [0, 0.05) is 5.56 Å². The molecule has 38 heavy (non-hydrogen) atoms. The molecule has 12 nitrogen and oxygen atoms in total. The third-order valence-electron chi connectivity index (χ3n) is 5.63. The number of nitrogens with one attached hydrogen (secondary N) is 3. The van der Waals surface area contributed by atoms with Crippen LogP contribution in [0.5, 0.6) is 11.5 Å². The van der Waals surface area contributed by atoms with Crippen LogP contribution in [-0.2, 0) is 25.5 Å². The van der Waals surface area contributed by atoms with Crippen molar-refractivity contribution in [2.45, 2.75) is 44.1 Å². The van der Waals surface area contributed by atoms with Crippen molar-refractivity contribution < 1.29 is 44.0 Å². The minimum absolute atomic E-state index is 0.0407. The Balaban J connectivity index is 2.01. The van der Waals surface area contributed by atoms with Crippen LogP contribution in [0.2, 0.25) is 0 Å². The smallest absolute Gasteiger partial charge is 0.308 e. The van der Waals surface area contributed by atoms with E-state index in [0.29, 0.717) is 11.3 Å². The molecule has 12 heteroatoms. The predicted molar refractivity (Wildman–Crippen MR) is 135 cm³/mol.